The highest BCUT2D eigenvalue weighted by Gasteiger charge is 2.42. The topological polar surface area (TPSA) is 51.2 Å². The lowest BCUT2D eigenvalue weighted by atomic mass is 9.93. The van der Waals surface area contributed by atoms with Gasteiger partial charge < -0.3 is 15.1 Å². The molecule has 2 aliphatic carbocycles. The fourth-order valence-electron chi connectivity index (χ4n) is 4.63. The van der Waals surface area contributed by atoms with Crippen molar-refractivity contribution in [3.63, 3.8) is 0 Å². The number of rotatable bonds is 4. The number of carbonyl (C=O) groups is 1. The lowest BCUT2D eigenvalue weighted by molar-refractivity contribution is -0.127. The number of aliphatic imine (C=N–C) groups is 1. The van der Waals surface area contributed by atoms with Crippen molar-refractivity contribution < 1.29 is 4.79 Å². The molecule has 1 aliphatic heterocycles. The minimum atomic E-state index is 0.0472. The Hall–Kier alpha value is -1.30. The zero-order chi connectivity index (χ0) is 17.1. The van der Waals surface area contributed by atoms with E-state index in [-0.39, 0.29) is 12.5 Å². The van der Waals surface area contributed by atoms with Gasteiger partial charge in [-0.15, -0.1) is 0 Å². The number of hydrogen-bond acceptors (Lipinski definition) is 3. The van der Waals surface area contributed by atoms with E-state index in [1.54, 1.807) is 19.0 Å². The van der Waals surface area contributed by atoms with Crippen LogP contribution in [0.25, 0.3) is 0 Å². The maximum Gasteiger partial charge on any atom is 0.243 e. The monoisotopic (exact) mass is 335 g/mol. The molecule has 3 fully saturated rings. The number of carbonyl (C=O) groups excluding carboxylic acids is 1. The van der Waals surface area contributed by atoms with Gasteiger partial charge in [-0.05, 0) is 38.0 Å². The number of nitrogens with zero attached hydrogens (tertiary/aromatic N) is 4. The molecule has 0 aromatic carbocycles. The summed E-state index contributed by atoms with van der Waals surface area (Å²) in [5.74, 6) is 2.90. The molecule has 3 atom stereocenters. The number of piperazine rings is 1. The van der Waals surface area contributed by atoms with E-state index < -0.39 is 0 Å². The van der Waals surface area contributed by atoms with Crippen molar-refractivity contribution in [2.75, 3.05) is 53.4 Å². The molecular weight excluding hydrogens is 302 g/mol. The summed E-state index contributed by atoms with van der Waals surface area (Å²) >= 11 is 0. The molecule has 3 unspecified atom stereocenters. The van der Waals surface area contributed by atoms with Crippen molar-refractivity contribution in [2.24, 2.45) is 16.8 Å². The van der Waals surface area contributed by atoms with Gasteiger partial charge in [0.05, 0.1) is 0 Å². The Labute approximate surface area is 146 Å². The summed E-state index contributed by atoms with van der Waals surface area (Å²) in [5, 5.41) is 3.34. The van der Waals surface area contributed by atoms with Crippen LogP contribution < -0.4 is 5.32 Å². The molecule has 1 heterocycles. The molecule has 3 aliphatic rings. The summed E-state index contributed by atoms with van der Waals surface area (Å²) in [5.41, 5.74) is 0. The van der Waals surface area contributed by atoms with E-state index in [4.69, 9.17) is 0 Å². The minimum absolute atomic E-state index is 0.0472. The van der Waals surface area contributed by atoms with Gasteiger partial charge in [-0.1, -0.05) is 6.42 Å². The first-order valence-electron chi connectivity index (χ1n) is 9.56. The van der Waals surface area contributed by atoms with Crippen LogP contribution in [0.3, 0.4) is 0 Å². The maximum atomic E-state index is 11.8. The molecule has 2 saturated carbocycles. The summed E-state index contributed by atoms with van der Waals surface area (Å²) < 4.78 is 0. The Kier molecular flexibility index (Phi) is 5.64. The summed E-state index contributed by atoms with van der Waals surface area (Å²) in [4.78, 5) is 23.0. The van der Waals surface area contributed by atoms with Gasteiger partial charge in [0, 0.05) is 52.9 Å². The largest absolute Gasteiger partial charge is 0.357 e. The highest BCUT2D eigenvalue weighted by atomic mass is 16.2. The molecule has 24 heavy (non-hydrogen) atoms. The van der Waals surface area contributed by atoms with Crippen LogP contribution in [0.1, 0.15) is 32.6 Å². The Morgan fingerprint density at radius 3 is 2.46 bits per heavy atom. The standard InChI is InChI=1S/C18H33N5O/c1-4-19-18(20-13-17(24)21(2)3)23-9-7-22(8-10-23)16-12-14-5-6-15(16)11-14/h14-16H,4-13H2,1-3H3,(H,19,20). The van der Waals surface area contributed by atoms with Crippen LogP contribution >= 0.6 is 0 Å². The summed E-state index contributed by atoms with van der Waals surface area (Å²) in [6, 6.07) is 0.834. The third-order valence-corrected chi connectivity index (χ3v) is 5.98. The molecule has 6 heteroatoms. The predicted octanol–water partition coefficient (Wildman–Crippen LogP) is 0.846. The Balaban J connectivity index is 1.53. The molecule has 1 saturated heterocycles. The zero-order valence-corrected chi connectivity index (χ0v) is 15.5. The Morgan fingerprint density at radius 2 is 1.92 bits per heavy atom. The van der Waals surface area contributed by atoms with Crippen molar-refractivity contribution in [3.05, 3.63) is 0 Å². The molecule has 0 aromatic rings. The van der Waals surface area contributed by atoms with Crippen LogP contribution in [0.15, 0.2) is 4.99 Å². The predicted molar refractivity (Wildman–Crippen MR) is 97.1 cm³/mol. The van der Waals surface area contributed by atoms with Gasteiger partial charge in [-0.3, -0.25) is 9.69 Å². The zero-order valence-electron chi connectivity index (χ0n) is 15.5. The van der Waals surface area contributed by atoms with E-state index in [2.05, 4.69) is 27.0 Å². The lowest BCUT2D eigenvalue weighted by Gasteiger charge is -2.42. The average Bonchev–Trinajstić information content (AvgIpc) is 3.21. The van der Waals surface area contributed by atoms with Crippen LogP contribution in [0.5, 0.6) is 0 Å². The molecule has 1 N–H and O–H groups in total. The van der Waals surface area contributed by atoms with Crippen LogP contribution in [-0.4, -0.2) is 86.0 Å². The van der Waals surface area contributed by atoms with Crippen molar-refractivity contribution in [2.45, 2.75) is 38.6 Å². The van der Waals surface area contributed by atoms with Gasteiger partial charge in [0.25, 0.3) is 0 Å². The number of nitrogens with one attached hydrogen (secondary N) is 1. The second-order valence-electron chi connectivity index (χ2n) is 7.72. The van der Waals surface area contributed by atoms with E-state index in [0.717, 1.165) is 56.6 Å². The van der Waals surface area contributed by atoms with Gasteiger partial charge in [-0.25, -0.2) is 4.99 Å². The summed E-state index contributed by atoms with van der Waals surface area (Å²) in [6.45, 7) is 7.41. The van der Waals surface area contributed by atoms with Crippen molar-refractivity contribution in [1.29, 1.82) is 0 Å². The number of likely N-dealkylation sites (N-methyl/N-ethyl adjacent to an activating group) is 1. The van der Waals surface area contributed by atoms with Gasteiger partial charge >= 0.3 is 0 Å². The molecule has 0 radical (unpaired) electrons. The van der Waals surface area contributed by atoms with E-state index in [0.29, 0.717) is 0 Å². The lowest BCUT2D eigenvalue weighted by Crippen LogP contribution is -2.55. The Morgan fingerprint density at radius 1 is 1.17 bits per heavy atom. The fraction of sp³-hybridized carbons (Fsp3) is 0.889. The van der Waals surface area contributed by atoms with E-state index in [1.165, 1.54) is 25.7 Å². The molecule has 3 rings (SSSR count). The molecular formula is C18H33N5O. The molecule has 0 aromatic heterocycles. The average molecular weight is 335 g/mol. The third-order valence-electron chi connectivity index (χ3n) is 5.98. The first-order chi connectivity index (χ1) is 11.6. The second kappa shape index (κ2) is 7.72. The van der Waals surface area contributed by atoms with Gasteiger partial charge in [0.15, 0.2) is 5.96 Å². The van der Waals surface area contributed by atoms with E-state index in [9.17, 15) is 4.79 Å². The molecule has 136 valence electrons. The number of hydrogen-bond donors (Lipinski definition) is 1. The quantitative estimate of drug-likeness (QED) is 0.611. The van der Waals surface area contributed by atoms with E-state index in [1.807, 2.05) is 0 Å². The van der Waals surface area contributed by atoms with Crippen LogP contribution in [-0.2, 0) is 4.79 Å². The van der Waals surface area contributed by atoms with Crippen LogP contribution in [0.2, 0.25) is 0 Å². The van der Waals surface area contributed by atoms with Crippen molar-refractivity contribution in [1.82, 2.24) is 20.0 Å². The summed E-state index contributed by atoms with van der Waals surface area (Å²) in [6.07, 6.45) is 5.82. The van der Waals surface area contributed by atoms with Gasteiger partial charge in [-0.2, -0.15) is 0 Å². The Bertz CT molecular complexity index is 470. The third kappa shape index (κ3) is 3.85. The first-order valence-corrected chi connectivity index (χ1v) is 9.56. The normalized spacial score (nSPS) is 30.7. The highest BCUT2D eigenvalue weighted by Crippen LogP contribution is 2.46. The number of guanidine groups is 1. The van der Waals surface area contributed by atoms with E-state index >= 15 is 0 Å². The second-order valence-corrected chi connectivity index (χ2v) is 7.72. The molecule has 6 nitrogen and oxygen atoms in total. The van der Waals surface area contributed by atoms with Gasteiger partial charge in [0.1, 0.15) is 6.54 Å². The molecule has 0 spiro atoms. The maximum absolute atomic E-state index is 11.8. The highest BCUT2D eigenvalue weighted by molar-refractivity contribution is 5.84. The molecule has 2 bridgehead atoms. The summed E-state index contributed by atoms with van der Waals surface area (Å²) in [7, 11) is 3.55. The number of fused-ring (bicyclic) bond motifs is 2. The van der Waals surface area contributed by atoms with Crippen molar-refractivity contribution >= 4 is 11.9 Å². The molecule has 1 amide bonds. The SMILES string of the molecule is CCNC(=NCC(=O)N(C)C)N1CCN(C2CC3CCC2C3)CC1. The smallest absolute Gasteiger partial charge is 0.243 e. The van der Waals surface area contributed by atoms with Crippen LogP contribution in [0.4, 0.5) is 0 Å². The van der Waals surface area contributed by atoms with Gasteiger partial charge in [0.2, 0.25) is 5.91 Å². The van der Waals surface area contributed by atoms with Crippen molar-refractivity contribution in [3.8, 4) is 0 Å². The van der Waals surface area contributed by atoms with Crippen LogP contribution in [0, 0.1) is 11.8 Å². The number of amides is 1. The minimum Gasteiger partial charge on any atom is -0.357 e. The fourth-order valence-corrected chi connectivity index (χ4v) is 4.63. The first kappa shape index (κ1) is 17.5.